The van der Waals surface area contributed by atoms with Crippen LogP contribution in [0.15, 0.2) is 42.5 Å². The van der Waals surface area contributed by atoms with Crippen LogP contribution in [0.3, 0.4) is 0 Å². The first-order valence-corrected chi connectivity index (χ1v) is 5.67. The van der Waals surface area contributed by atoms with E-state index in [4.69, 9.17) is 5.73 Å². The molecule has 0 aliphatic heterocycles. The minimum absolute atomic E-state index is 0.244. The van der Waals surface area contributed by atoms with E-state index in [0.29, 0.717) is 5.56 Å². The Hall–Kier alpha value is -1.67. The molecule has 0 fully saturated rings. The van der Waals surface area contributed by atoms with Gasteiger partial charge in [0.25, 0.3) is 0 Å². The molecule has 88 valence electrons. The van der Waals surface area contributed by atoms with Gasteiger partial charge in [-0.1, -0.05) is 42.0 Å². The summed E-state index contributed by atoms with van der Waals surface area (Å²) in [7, 11) is 0. The van der Waals surface area contributed by atoms with E-state index in [9.17, 15) is 4.39 Å². The number of hydrogen-bond donors (Lipinski definition) is 1. The first-order chi connectivity index (χ1) is 8.09. The summed E-state index contributed by atoms with van der Waals surface area (Å²) in [6, 6.07) is 12.5. The second-order valence-corrected chi connectivity index (χ2v) is 4.36. The molecule has 2 aromatic carbocycles. The number of aryl methyl sites for hydroxylation is 2. The summed E-state index contributed by atoms with van der Waals surface area (Å²) in [5.74, 6) is -0.244. The van der Waals surface area contributed by atoms with Gasteiger partial charge in [0.2, 0.25) is 0 Å². The predicted octanol–water partition coefficient (Wildman–Crippen LogP) is 3.49. The fourth-order valence-corrected chi connectivity index (χ4v) is 2.00. The smallest absolute Gasteiger partial charge is 0.128 e. The Bertz CT molecular complexity index is 534. The van der Waals surface area contributed by atoms with Gasteiger partial charge in [-0.25, -0.2) is 4.39 Å². The van der Waals surface area contributed by atoms with Gasteiger partial charge in [0, 0.05) is 5.56 Å². The quantitative estimate of drug-likeness (QED) is 0.838. The van der Waals surface area contributed by atoms with E-state index in [1.54, 1.807) is 6.07 Å². The highest BCUT2D eigenvalue weighted by molar-refractivity contribution is 5.38. The minimum atomic E-state index is -0.406. The highest BCUT2D eigenvalue weighted by atomic mass is 19.1. The fourth-order valence-electron chi connectivity index (χ4n) is 2.00. The molecule has 0 amide bonds. The van der Waals surface area contributed by atoms with Crippen molar-refractivity contribution in [1.29, 1.82) is 0 Å². The Morgan fingerprint density at radius 1 is 1.00 bits per heavy atom. The summed E-state index contributed by atoms with van der Waals surface area (Å²) >= 11 is 0. The molecule has 0 heterocycles. The summed E-state index contributed by atoms with van der Waals surface area (Å²) < 4.78 is 13.8. The molecule has 2 N–H and O–H groups in total. The molecule has 1 atom stereocenters. The lowest BCUT2D eigenvalue weighted by molar-refractivity contribution is 0.598. The molecule has 0 radical (unpaired) electrons. The van der Waals surface area contributed by atoms with Gasteiger partial charge in [-0.3, -0.25) is 0 Å². The third kappa shape index (κ3) is 2.37. The number of hydrogen-bond acceptors (Lipinski definition) is 1. The van der Waals surface area contributed by atoms with E-state index in [1.807, 2.05) is 44.2 Å². The van der Waals surface area contributed by atoms with Crippen molar-refractivity contribution in [2.75, 3.05) is 0 Å². The lowest BCUT2D eigenvalue weighted by Crippen LogP contribution is -2.15. The van der Waals surface area contributed by atoms with Gasteiger partial charge in [0.15, 0.2) is 0 Å². The maximum absolute atomic E-state index is 13.8. The standard InChI is InChI=1S/C15H16FN/c1-10-7-8-14(16)13(9-10)15(17)12-6-4-3-5-11(12)2/h3-9,15H,17H2,1-2H3. The average Bonchev–Trinajstić information content (AvgIpc) is 2.32. The highest BCUT2D eigenvalue weighted by Gasteiger charge is 2.15. The fraction of sp³-hybridized carbons (Fsp3) is 0.200. The van der Waals surface area contributed by atoms with Crippen LogP contribution in [0.1, 0.15) is 28.3 Å². The van der Waals surface area contributed by atoms with Crippen molar-refractivity contribution in [3.05, 3.63) is 70.5 Å². The first-order valence-electron chi connectivity index (χ1n) is 5.67. The molecule has 0 saturated heterocycles. The largest absolute Gasteiger partial charge is 0.320 e. The normalized spacial score (nSPS) is 12.5. The summed E-state index contributed by atoms with van der Waals surface area (Å²) in [4.78, 5) is 0. The average molecular weight is 229 g/mol. The Balaban J connectivity index is 2.47. The molecule has 0 aliphatic rings. The lowest BCUT2D eigenvalue weighted by Gasteiger charge is -2.16. The molecule has 2 rings (SSSR count). The first kappa shape index (κ1) is 11.8. The van der Waals surface area contributed by atoms with Crippen LogP contribution >= 0.6 is 0 Å². The van der Waals surface area contributed by atoms with Crippen LogP contribution in [0.25, 0.3) is 0 Å². The Morgan fingerprint density at radius 2 is 1.71 bits per heavy atom. The summed E-state index contributed by atoms with van der Waals surface area (Å²) in [5.41, 5.74) is 9.77. The van der Waals surface area contributed by atoms with Crippen LogP contribution in [0.2, 0.25) is 0 Å². The van der Waals surface area contributed by atoms with Crippen LogP contribution in [-0.2, 0) is 0 Å². The Labute approximate surface area is 101 Å². The van der Waals surface area contributed by atoms with Crippen molar-refractivity contribution in [3.8, 4) is 0 Å². The second-order valence-electron chi connectivity index (χ2n) is 4.36. The molecule has 0 saturated carbocycles. The van der Waals surface area contributed by atoms with Crippen LogP contribution < -0.4 is 5.73 Å². The van der Waals surface area contributed by atoms with Gasteiger partial charge in [-0.2, -0.15) is 0 Å². The number of halogens is 1. The topological polar surface area (TPSA) is 26.0 Å². The lowest BCUT2D eigenvalue weighted by atomic mass is 9.94. The molecule has 2 heteroatoms. The Kier molecular flexibility index (Phi) is 3.25. The third-order valence-corrected chi connectivity index (χ3v) is 3.01. The maximum Gasteiger partial charge on any atom is 0.128 e. The van der Waals surface area contributed by atoms with E-state index in [-0.39, 0.29) is 5.82 Å². The molecule has 2 aromatic rings. The minimum Gasteiger partial charge on any atom is -0.320 e. The molecule has 0 aromatic heterocycles. The molecule has 0 aliphatic carbocycles. The van der Waals surface area contributed by atoms with Gasteiger partial charge in [-0.05, 0) is 31.0 Å². The van der Waals surface area contributed by atoms with E-state index >= 15 is 0 Å². The van der Waals surface area contributed by atoms with Crippen molar-refractivity contribution < 1.29 is 4.39 Å². The highest BCUT2D eigenvalue weighted by Crippen LogP contribution is 2.25. The molecular formula is C15H16FN. The van der Waals surface area contributed by atoms with Crippen LogP contribution in [0.4, 0.5) is 4.39 Å². The SMILES string of the molecule is Cc1ccc(F)c(C(N)c2ccccc2C)c1. The van der Waals surface area contributed by atoms with Crippen molar-refractivity contribution >= 4 is 0 Å². The van der Waals surface area contributed by atoms with Gasteiger partial charge in [0.05, 0.1) is 6.04 Å². The van der Waals surface area contributed by atoms with E-state index in [1.165, 1.54) is 6.07 Å². The molecule has 0 spiro atoms. The number of rotatable bonds is 2. The Morgan fingerprint density at radius 3 is 2.41 bits per heavy atom. The predicted molar refractivity (Wildman–Crippen MR) is 68.3 cm³/mol. The number of nitrogens with two attached hydrogens (primary N) is 1. The monoisotopic (exact) mass is 229 g/mol. The zero-order chi connectivity index (χ0) is 12.4. The van der Waals surface area contributed by atoms with E-state index in [0.717, 1.165) is 16.7 Å². The van der Waals surface area contributed by atoms with Gasteiger partial charge >= 0.3 is 0 Å². The van der Waals surface area contributed by atoms with Crippen LogP contribution in [0.5, 0.6) is 0 Å². The molecule has 0 bridgehead atoms. The third-order valence-electron chi connectivity index (χ3n) is 3.01. The molecular weight excluding hydrogens is 213 g/mol. The van der Waals surface area contributed by atoms with E-state index in [2.05, 4.69) is 0 Å². The molecule has 1 unspecified atom stereocenters. The van der Waals surface area contributed by atoms with Gasteiger partial charge in [-0.15, -0.1) is 0 Å². The number of benzene rings is 2. The summed E-state index contributed by atoms with van der Waals surface area (Å²) in [6.07, 6.45) is 0. The van der Waals surface area contributed by atoms with Crippen molar-refractivity contribution in [3.63, 3.8) is 0 Å². The summed E-state index contributed by atoms with van der Waals surface area (Å²) in [6.45, 7) is 3.93. The molecule has 1 nitrogen and oxygen atoms in total. The zero-order valence-corrected chi connectivity index (χ0v) is 10.1. The van der Waals surface area contributed by atoms with E-state index < -0.39 is 6.04 Å². The second kappa shape index (κ2) is 4.68. The van der Waals surface area contributed by atoms with Crippen LogP contribution in [-0.4, -0.2) is 0 Å². The van der Waals surface area contributed by atoms with Crippen molar-refractivity contribution in [1.82, 2.24) is 0 Å². The maximum atomic E-state index is 13.8. The van der Waals surface area contributed by atoms with Gasteiger partial charge in [0.1, 0.15) is 5.82 Å². The van der Waals surface area contributed by atoms with Crippen LogP contribution in [0, 0.1) is 19.7 Å². The van der Waals surface area contributed by atoms with Crippen molar-refractivity contribution in [2.45, 2.75) is 19.9 Å². The molecule has 17 heavy (non-hydrogen) atoms. The van der Waals surface area contributed by atoms with Crippen molar-refractivity contribution in [2.24, 2.45) is 5.73 Å². The summed E-state index contributed by atoms with van der Waals surface area (Å²) in [5, 5.41) is 0. The van der Waals surface area contributed by atoms with Gasteiger partial charge < -0.3 is 5.73 Å². The zero-order valence-electron chi connectivity index (χ0n) is 10.1.